The Morgan fingerprint density at radius 2 is 1.68 bits per heavy atom. The second-order valence-electron chi connectivity index (χ2n) is 8.37. The van der Waals surface area contributed by atoms with Crippen LogP contribution in [0.4, 0.5) is 23.7 Å². The molecule has 2 heterocycles. The number of imide groups is 1. The number of alkyl halides is 3. The van der Waals surface area contributed by atoms with E-state index in [2.05, 4.69) is 15.0 Å². The molecule has 198 valence electrons. The van der Waals surface area contributed by atoms with E-state index in [-0.39, 0.29) is 24.3 Å². The predicted molar refractivity (Wildman–Crippen MR) is 129 cm³/mol. The lowest BCUT2D eigenvalue weighted by molar-refractivity contribution is -0.274. The SMILES string of the molecule is COc1ccc(CNC(=O)c2cnccc2CN2C(=O)N(c3ccc(OC(F)(F)F)cc3)C(=O)C2C)cc1. The van der Waals surface area contributed by atoms with Gasteiger partial charge in [0.1, 0.15) is 17.5 Å². The van der Waals surface area contributed by atoms with E-state index in [9.17, 15) is 27.6 Å². The zero-order chi connectivity index (χ0) is 27.4. The van der Waals surface area contributed by atoms with E-state index < -0.39 is 36.0 Å². The molecule has 1 saturated heterocycles. The Morgan fingerprint density at radius 1 is 1.03 bits per heavy atom. The van der Waals surface area contributed by atoms with Crippen molar-refractivity contribution < 1.29 is 37.0 Å². The van der Waals surface area contributed by atoms with Gasteiger partial charge in [0.25, 0.3) is 11.8 Å². The molecule has 2 aromatic carbocycles. The summed E-state index contributed by atoms with van der Waals surface area (Å²) in [7, 11) is 1.56. The molecule has 12 heteroatoms. The molecule has 1 atom stereocenters. The molecular formula is C26H23F3N4O5. The van der Waals surface area contributed by atoms with E-state index in [1.54, 1.807) is 25.3 Å². The first-order chi connectivity index (χ1) is 18.1. The minimum atomic E-state index is -4.87. The average Bonchev–Trinajstić information content (AvgIpc) is 3.10. The third-order valence-electron chi connectivity index (χ3n) is 5.92. The Kier molecular flexibility index (Phi) is 7.51. The second-order valence-corrected chi connectivity index (χ2v) is 8.37. The molecule has 3 aromatic rings. The van der Waals surface area contributed by atoms with Crippen molar-refractivity contribution in [1.29, 1.82) is 0 Å². The molecule has 38 heavy (non-hydrogen) atoms. The minimum absolute atomic E-state index is 0.0642. The highest BCUT2D eigenvalue weighted by atomic mass is 19.4. The quantitative estimate of drug-likeness (QED) is 0.438. The third-order valence-corrected chi connectivity index (χ3v) is 5.92. The van der Waals surface area contributed by atoms with Crippen LogP contribution in [-0.2, 0) is 17.9 Å². The van der Waals surface area contributed by atoms with Crippen LogP contribution in [0.2, 0.25) is 0 Å². The maximum absolute atomic E-state index is 13.2. The van der Waals surface area contributed by atoms with Gasteiger partial charge in [-0.1, -0.05) is 12.1 Å². The van der Waals surface area contributed by atoms with Crippen LogP contribution in [0, 0.1) is 0 Å². The summed E-state index contributed by atoms with van der Waals surface area (Å²) in [5, 5.41) is 2.81. The highest BCUT2D eigenvalue weighted by Crippen LogP contribution is 2.30. The normalized spacial score (nSPS) is 15.6. The van der Waals surface area contributed by atoms with Crippen LogP contribution in [-0.4, -0.2) is 47.2 Å². The predicted octanol–water partition coefficient (Wildman–Crippen LogP) is 4.28. The highest BCUT2D eigenvalue weighted by Gasteiger charge is 2.43. The summed E-state index contributed by atoms with van der Waals surface area (Å²) in [4.78, 5) is 45.2. The number of rotatable bonds is 8. The van der Waals surface area contributed by atoms with Gasteiger partial charge in [-0.3, -0.25) is 14.6 Å². The van der Waals surface area contributed by atoms with Gasteiger partial charge in [0.15, 0.2) is 0 Å². The highest BCUT2D eigenvalue weighted by molar-refractivity contribution is 6.21. The molecule has 1 N–H and O–H groups in total. The number of aromatic nitrogens is 1. The minimum Gasteiger partial charge on any atom is -0.497 e. The number of halogens is 3. The van der Waals surface area contributed by atoms with Crippen molar-refractivity contribution in [3.8, 4) is 11.5 Å². The smallest absolute Gasteiger partial charge is 0.497 e. The zero-order valence-corrected chi connectivity index (χ0v) is 20.4. The average molecular weight is 528 g/mol. The molecule has 0 radical (unpaired) electrons. The van der Waals surface area contributed by atoms with Gasteiger partial charge in [0.2, 0.25) is 0 Å². The van der Waals surface area contributed by atoms with Gasteiger partial charge in [-0.2, -0.15) is 0 Å². The number of ether oxygens (including phenoxy) is 2. The van der Waals surface area contributed by atoms with Crippen molar-refractivity contribution in [2.24, 2.45) is 0 Å². The summed E-state index contributed by atoms with van der Waals surface area (Å²) in [6, 6.07) is 11.6. The molecule has 4 rings (SSSR count). The van der Waals surface area contributed by atoms with E-state index >= 15 is 0 Å². The summed E-state index contributed by atoms with van der Waals surface area (Å²) in [5.41, 5.74) is 1.65. The van der Waals surface area contributed by atoms with Crippen molar-refractivity contribution in [3.63, 3.8) is 0 Å². The van der Waals surface area contributed by atoms with Crippen LogP contribution >= 0.6 is 0 Å². The van der Waals surface area contributed by atoms with Crippen LogP contribution in [0.5, 0.6) is 11.5 Å². The summed E-state index contributed by atoms with van der Waals surface area (Å²) < 4.78 is 46.3. The monoisotopic (exact) mass is 528 g/mol. The van der Waals surface area contributed by atoms with E-state index in [0.29, 0.717) is 11.3 Å². The largest absolute Gasteiger partial charge is 0.573 e. The number of anilines is 1. The Hall–Kier alpha value is -4.61. The molecule has 1 aliphatic rings. The maximum atomic E-state index is 13.2. The number of urea groups is 1. The summed E-state index contributed by atoms with van der Waals surface area (Å²) in [5.74, 6) is -0.758. The van der Waals surface area contributed by atoms with E-state index in [0.717, 1.165) is 22.6 Å². The second kappa shape index (κ2) is 10.8. The number of hydrogen-bond donors (Lipinski definition) is 1. The number of nitrogens with zero attached hydrogens (tertiary/aromatic N) is 3. The van der Waals surface area contributed by atoms with Crippen molar-refractivity contribution in [3.05, 3.63) is 83.7 Å². The van der Waals surface area contributed by atoms with Crippen LogP contribution in [0.25, 0.3) is 0 Å². The van der Waals surface area contributed by atoms with Crippen LogP contribution in [0.3, 0.4) is 0 Å². The van der Waals surface area contributed by atoms with Crippen LogP contribution in [0.1, 0.15) is 28.4 Å². The van der Waals surface area contributed by atoms with Gasteiger partial charge >= 0.3 is 12.4 Å². The molecule has 1 aliphatic heterocycles. The van der Waals surface area contributed by atoms with Crippen LogP contribution < -0.4 is 19.7 Å². The standard InChI is InChI=1S/C26H23F3N4O5/c1-16-24(35)33(19-5-9-21(10-6-19)38-26(27,28)29)25(36)32(16)15-18-11-12-30-14-22(18)23(34)31-13-17-3-7-20(37-2)8-4-17/h3-12,14,16H,13,15H2,1-2H3,(H,31,34). The van der Waals surface area contributed by atoms with E-state index in [4.69, 9.17) is 4.74 Å². The first kappa shape index (κ1) is 26.5. The van der Waals surface area contributed by atoms with Crippen molar-refractivity contribution in [1.82, 2.24) is 15.2 Å². The Balaban J connectivity index is 1.47. The van der Waals surface area contributed by atoms with Gasteiger partial charge in [-0.15, -0.1) is 13.2 Å². The lowest BCUT2D eigenvalue weighted by Gasteiger charge is -2.21. The van der Waals surface area contributed by atoms with Gasteiger partial charge in [0, 0.05) is 25.5 Å². The Labute approximate surface area is 215 Å². The molecule has 0 saturated carbocycles. The number of carbonyl (C=O) groups excluding carboxylic acids is 3. The lowest BCUT2D eigenvalue weighted by atomic mass is 10.1. The number of carbonyl (C=O) groups is 3. The molecule has 1 aromatic heterocycles. The molecule has 9 nitrogen and oxygen atoms in total. The number of nitrogens with one attached hydrogen (secondary N) is 1. The molecule has 1 fully saturated rings. The van der Waals surface area contributed by atoms with Gasteiger partial charge in [0.05, 0.1) is 18.4 Å². The molecule has 0 bridgehead atoms. The Morgan fingerprint density at radius 3 is 2.32 bits per heavy atom. The fourth-order valence-electron chi connectivity index (χ4n) is 3.92. The van der Waals surface area contributed by atoms with Gasteiger partial charge in [-0.05, 0) is 60.5 Å². The third kappa shape index (κ3) is 5.85. The first-order valence-electron chi connectivity index (χ1n) is 11.4. The van der Waals surface area contributed by atoms with Crippen molar-refractivity contribution in [2.75, 3.05) is 12.0 Å². The maximum Gasteiger partial charge on any atom is 0.573 e. The zero-order valence-electron chi connectivity index (χ0n) is 20.4. The number of amides is 4. The van der Waals surface area contributed by atoms with Gasteiger partial charge < -0.3 is 19.7 Å². The number of methoxy groups -OCH3 is 1. The lowest BCUT2D eigenvalue weighted by Crippen LogP contribution is -2.34. The van der Waals surface area contributed by atoms with E-state index in [1.165, 1.54) is 36.4 Å². The summed E-state index contributed by atoms with van der Waals surface area (Å²) in [6.07, 6.45) is -2.02. The molecule has 0 aliphatic carbocycles. The fourth-order valence-corrected chi connectivity index (χ4v) is 3.92. The molecular weight excluding hydrogens is 505 g/mol. The van der Waals surface area contributed by atoms with Crippen molar-refractivity contribution >= 4 is 23.5 Å². The number of hydrogen-bond acceptors (Lipinski definition) is 6. The number of benzene rings is 2. The Bertz CT molecular complexity index is 1330. The molecule has 0 spiro atoms. The van der Waals surface area contributed by atoms with Gasteiger partial charge in [-0.25, -0.2) is 9.69 Å². The topological polar surface area (TPSA) is 101 Å². The molecule has 1 unspecified atom stereocenters. The van der Waals surface area contributed by atoms with Crippen LogP contribution in [0.15, 0.2) is 67.0 Å². The first-order valence-corrected chi connectivity index (χ1v) is 11.4. The van der Waals surface area contributed by atoms with E-state index in [1.807, 2.05) is 12.1 Å². The summed E-state index contributed by atoms with van der Waals surface area (Å²) in [6.45, 7) is 1.72. The summed E-state index contributed by atoms with van der Waals surface area (Å²) >= 11 is 0. The van der Waals surface area contributed by atoms with Crippen molar-refractivity contribution in [2.45, 2.75) is 32.4 Å². The number of pyridine rings is 1. The molecule has 4 amide bonds. The fraction of sp³-hybridized carbons (Fsp3) is 0.231.